The van der Waals surface area contributed by atoms with E-state index >= 15 is 0 Å². The highest BCUT2D eigenvalue weighted by atomic mass is 32.2. The van der Waals surface area contributed by atoms with Crippen molar-refractivity contribution in [1.82, 2.24) is 10.2 Å². The molecule has 1 aromatic heterocycles. The highest BCUT2D eigenvalue weighted by molar-refractivity contribution is 8.03. The molecule has 0 aliphatic rings. The Balaban J connectivity index is 2.22. The van der Waals surface area contributed by atoms with Crippen LogP contribution in [0.1, 0.15) is 26.7 Å². The van der Waals surface area contributed by atoms with Crippen LogP contribution in [0.15, 0.2) is 8.68 Å². The predicted molar refractivity (Wildman–Crippen MR) is 66.9 cm³/mol. The van der Waals surface area contributed by atoms with Gasteiger partial charge in [0.1, 0.15) is 5.78 Å². The summed E-state index contributed by atoms with van der Waals surface area (Å²) in [4.78, 5) is 10.7. The Morgan fingerprint density at radius 2 is 2.00 bits per heavy atom. The van der Waals surface area contributed by atoms with Crippen molar-refractivity contribution in [3.8, 4) is 0 Å². The lowest BCUT2D eigenvalue weighted by molar-refractivity contribution is -0.117. The first kappa shape index (κ1) is 13.0. The number of aromatic nitrogens is 2. The van der Waals surface area contributed by atoms with Gasteiger partial charge in [0.15, 0.2) is 8.68 Å². The minimum absolute atomic E-state index is 0.259. The van der Waals surface area contributed by atoms with Gasteiger partial charge in [-0.2, -0.15) is 0 Å². The molecule has 0 radical (unpaired) electrons. The molecule has 1 heterocycles. The van der Waals surface area contributed by atoms with E-state index in [0.29, 0.717) is 6.42 Å². The maximum atomic E-state index is 10.7. The van der Waals surface area contributed by atoms with E-state index in [1.54, 1.807) is 41.8 Å². The normalized spacial score (nSPS) is 10.5. The van der Waals surface area contributed by atoms with Crippen molar-refractivity contribution in [3.05, 3.63) is 0 Å². The number of hydrogen-bond donors (Lipinski definition) is 0. The van der Waals surface area contributed by atoms with Crippen LogP contribution in [-0.2, 0) is 4.79 Å². The molecule has 0 unspecified atom stereocenters. The molecule has 0 spiro atoms. The van der Waals surface area contributed by atoms with E-state index in [0.717, 1.165) is 26.6 Å². The largest absolute Gasteiger partial charge is 0.300 e. The number of nitrogens with zero attached hydrogens (tertiary/aromatic N) is 2. The molecule has 84 valence electrons. The van der Waals surface area contributed by atoms with Gasteiger partial charge >= 0.3 is 0 Å². The molecule has 1 rings (SSSR count). The van der Waals surface area contributed by atoms with Gasteiger partial charge in [-0.1, -0.05) is 41.8 Å². The molecule has 6 heteroatoms. The minimum atomic E-state index is 0.259. The van der Waals surface area contributed by atoms with E-state index in [9.17, 15) is 4.79 Å². The van der Waals surface area contributed by atoms with Crippen LogP contribution in [-0.4, -0.2) is 27.5 Å². The molecule has 0 atom stereocenters. The predicted octanol–water partition coefficient (Wildman–Crippen LogP) is 3.11. The first-order valence-corrected chi connectivity index (χ1v) is 7.59. The molecule has 0 saturated carbocycles. The van der Waals surface area contributed by atoms with Crippen LogP contribution in [0, 0.1) is 0 Å². The molecule has 0 aliphatic carbocycles. The van der Waals surface area contributed by atoms with Gasteiger partial charge in [0.2, 0.25) is 0 Å². The molecule has 0 bridgehead atoms. The quantitative estimate of drug-likeness (QED) is 0.558. The van der Waals surface area contributed by atoms with E-state index in [-0.39, 0.29) is 5.78 Å². The van der Waals surface area contributed by atoms with Gasteiger partial charge < -0.3 is 4.79 Å². The third-order valence-corrected chi connectivity index (χ3v) is 4.71. The van der Waals surface area contributed by atoms with Crippen molar-refractivity contribution < 1.29 is 4.79 Å². The number of hydrogen-bond acceptors (Lipinski definition) is 6. The monoisotopic (exact) mass is 262 g/mol. The first-order valence-electron chi connectivity index (χ1n) is 4.81. The second kappa shape index (κ2) is 7.24. The number of rotatable bonds is 7. The number of carbonyl (C=O) groups excluding carboxylic acids is 1. The highest BCUT2D eigenvalue weighted by Gasteiger charge is 2.04. The zero-order valence-corrected chi connectivity index (χ0v) is 11.3. The van der Waals surface area contributed by atoms with Crippen LogP contribution in [0.4, 0.5) is 0 Å². The molecule has 0 saturated heterocycles. The SMILES string of the molecule is CCSc1nnc(SCCCC(C)=O)s1. The summed E-state index contributed by atoms with van der Waals surface area (Å²) in [7, 11) is 0. The zero-order chi connectivity index (χ0) is 11.1. The van der Waals surface area contributed by atoms with Crippen LogP contribution >= 0.6 is 34.9 Å². The van der Waals surface area contributed by atoms with Crippen molar-refractivity contribution >= 4 is 40.6 Å². The Hall–Kier alpha value is -0.0700. The van der Waals surface area contributed by atoms with Gasteiger partial charge in [-0.25, -0.2) is 0 Å². The number of thioether (sulfide) groups is 2. The van der Waals surface area contributed by atoms with Crippen molar-refractivity contribution in [2.75, 3.05) is 11.5 Å². The van der Waals surface area contributed by atoms with Crippen LogP contribution in [0.2, 0.25) is 0 Å². The second-order valence-electron chi connectivity index (χ2n) is 2.92. The van der Waals surface area contributed by atoms with Gasteiger partial charge in [-0.3, -0.25) is 0 Å². The average Bonchev–Trinajstić information content (AvgIpc) is 2.61. The van der Waals surface area contributed by atoms with Crippen molar-refractivity contribution in [3.63, 3.8) is 0 Å². The zero-order valence-electron chi connectivity index (χ0n) is 8.86. The smallest absolute Gasteiger partial charge is 0.175 e. The van der Waals surface area contributed by atoms with Crippen LogP contribution < -0.4 is 0 Å². The fourth-order valence-corrected chi connectivity index (χ4v) is 3.84. The molecular weight excluding hydrogens is 248 g/mol. The summed E-state index contributed by atoms with van der Waals surface area (Å²) in [5, 5.41) is 8.14. The van der Waals surface area contributed by atoms with E-state index in [1.165, 1.54) is 0 Å². The van der Waals surface area contributed by atoms with E-state index in [1.807, 2.05) is 0 Å². The van der Waals surface area contributed by atoms with E-state index in [4.69, 9.17) is 0 Å². The van der Waals surface area contributed by atoms with E-state index in [2.05, 4.69) is 17.1 Å². The Labute approximate surface area is 102 Å². The van der Waals surface area contributed by atoms with Gasteiger partial charge in [-0.05, 0) is 19.1 Å². The maximum absolute atomic E-state index is 10.7. The van der Waals surface area contributed by atoms with Gasteiger partial charge in [-0.15, -0.1) is 10.2 Å². The Bertz CT molecular complexity index is 314. The molecule has 15 heavy (non-hydrogen) atoms. The van der Waals surface area contributed by atoms with Gasteiger partial charge in [0.25, 0.3) is 0 Å². The third-order valence-electron chi connectivity index (χ3n) is 1.55. The highest BCUT2D eigenvalue weighted by Crippen LogP contribution is 2.28. The van der Waals surface area contributed by atoms with Crippen molar-refractivity contribution in [2.45, 2.75) is 35.4 Å². The third kappa shape index (κ3) is 5.53. The standard InChI is InChI=1S/C9H14N2OS3/c1-3-13-8-10-11-9(15-8)14-6-4-5-7(2)12/h3-6H2,1-2H3. The fourth-order valence-electron chi connectivity index (χ4n) is 0.918. The lowest BCUT2D eigenvalue weighted by atomic mass is 10.3. The molecular formula is C9H14N2OS3. The first-order chi connectivity index (χ1) is 7.22. The Kier molecular flexibility index (Phi) is 6.28. The molecule has 0 fully saturated rings. The van der Waals surface area contributed by atoms with Crippen molar-refractivity contribution in [2.24, 2.45) is 0 Å². The summed E-state index contributed by atoms with van der Waals surface area (Å²) in [5.41, 5.74) is 0. The number of Topliss-reactive ketones (excluding diaryl/α,β-unsaturated/α-hetero) is 1. The van der Waals surface area contributed by atoms with Gasteiger partial charge in [0, 0.05) is 12.2 Å². The Morgan fingerprint density at radius 3 is 2.60 bits per heavy atom. The topological polar surface area (TPSA) is 42.9 Å². The van der Waals surface area contributed by atoms with Crippen LogP contribution in [0.25, 0.3) is 0 Å². The van der Waals surface area contributed by atoms with Crippen LogP contribution in [0.3, 0.4) is 0 Å². The second-order valence-corrected chi connectivity index (χ2v) is 6.75. The summed E-state index contributed by atoms with van der Waals surface area (Å²) in [6.45, 7) is 3.73. The van der Waals surface area contributed by atoms with E-state index < -0.39 is 0 Å². The lowest BCUT2D eigenvalue weighted by Gasteiger charge is -1.94. The molecule has 0 amide bonds. The molecule has 0 N–H and O–H groups in total. The lowest BCUT2D eigenvalue weighted by Crippen LogP contribution is -1.90. The summed E-state index contributed by atoms with van der Waals surface area (Å²) in [6.07, 6.45) is 1.60. The minimum Gasteiger partial charge on any atom is -0.300 e. The molecule has 3 nitrogen and oxygen atoms in total. The summed E-state index contributed by atoms with van der Waals surface area (Å²) in [5.74, 6) is 2.24. The summed E-state index contributed by atoms with van der Waals surface area (Å²) in [6, 6.07) is 0. The fraction of sp³-hybridized carbons (Fsp3) is 0.667. The summed E-state index contributed by atoms with van der Waals surface area (Å²) < 4.78 is 2.04. The molecule has 0 aliphatic heterocycles. The van der Waals surface area contributed by atoms with Crippen molar-refractivity contribution in [1.29, 1.82) is 0 Å². The van der Waals surface area contributed by atoms with Gasteiger partial charge in [0.05, 0.1) is 0 Å². The number of ketones is 1. The average molecular weight is 262 g/mol. The maximum Gasteiger partial charge on any atom is 0.175 e. The summed E-state index contributed by atoms with van der Waals surface area (Å²) >= 11 is 5.04. The van der Waals surface area contributed by atoms with Crippen LogP contribution in [0.5, 0.6) is 0 Å². The molecule has 0 aromatic carbocycles. The Morgan fingerprint density at radius 1 is 1.33 bits per heavy atom. The number of carbonyl (C=O) groups is 1. The molecule has 1 aromatic rings.